The largest absolute Gasteiger partial charge is 0.464 e. The molecule has 6 heteroatoms. The molecule has 1 aromatic heterocycles. The molecule has 1 N–H and O–H groups in total. The van der Waals surface area contributed by atoms with Gasteiger partial charge in [0, 0.05) is 30.1 Å². The standard InChI is InChI=1S/C20H26N2O4/c1-4-25-20(24)22-7-5-16(6-8-22)21-19(23)11-15-12-26-18-10-14(3)13(2)9-17(15)18/h9-10,12,16H,4-8,11H2,1-3H3,(H,21,23). The Balaban J connectivity index is 1.55. The molecule has 1 aliphatic rings. The summed E-state index contributed by atoms with van der Waals surface area (Å²) in [6.45, 7) is 7.50. The predicted molar refractivity (Wildman–Crippen MR) is 99.2 cm³/mol. The minimum atomic E-state index is -0.271. The number of ether oxygens (including phenoxy) is 1. The maximum absolute atomic E-state index is 12.4. The van der Waals surface area contributed by atoms with Crippen LogP contribution in [0.3, 0.4) is 0 Å². The first-order valence-corrected chi connectivity index (χ1v) is 9.16. The Kier molecular flexibility index (Phi) is 5.49. The maximum Gasteiger partial charge on any atom is 0.409 e. The molecular weight excluding hydrogens is 332 g/mol. The number of nitrogens with one attached hydrogen (secondary N) is 1. The Hall–Kier alpha value is -2.50. The van der Waals surface area contributed by atoms with E-state index in [2.05, 4.69) is 18.3 Å². The lowest BCUT2D eigenvalue weighted by atomic mass is 10.0. The number of benzene rings is 1. The van der Waals surface area contributed by atoms with Crippen LogP contribution in [0.2, 0.25) is 0 Å². The zero-order valence-electron chi connectivity index (χ0n) is 15.6. The van der Waals surface area contributed by atoms with Gasteiger partial charge in [0.15, 0.2) is 0 Å². The first-order chi connectivity index (χ1) is 12.5. The average Bonchev–Trinajstić information content (AvgIpc) is 2.98. The number of nitrogens with zero attached hydrogens (tertiary/aromatic N) is 1. The monoisotopic (exact) mass is 358 g/mol. The minimum Gasteiger partial charge on any atom is -0.464 e. The van der Waals surface area contributed by atoms with E-state index in [0.717, 1.165) is 29.4 Å². The third-order valence-electron chi connectivity index (χ3n) is 5.01. The molecule has 0 atom stereocenters. The summed E-state index contributed by atoms with van der Waals surface area (Å²) in [4.78, 5) is 25.8. The highest BCUT2D eigenvalue weighted by Crippen LogP contribution is 2.25. The molecule has 0 saturated carbocycles. The summed E-state index contributed by atoms with van der Waals surface area (Å²) in [6, 6.07) is 4.18. The van der Waals surface area contributed by atoms with Crippen LogP contribution >= 0.6 is 0 Å². The Morgan fingerprint density at radius 3 is 2.62 bits per heavy atom. The first kappa shape index (κ1) is 18.3. The van der Waals surface area contributed by atoms with Gasteiger partial charge in [-0.15, -0.1) is 0 Å². The quantitative estimate of drug-likeness (QED) is 0.910. The van der Waals surface area contributed by atoms with Crippen molar-refractivity contribution in [1.29, 1.82) is 0 Å². The lowest BCUT2D eigenvalue weighted by Gasteiger charge is -2.31. The molecule has 0 spiro atoms. The number of carbonyl (C=O) groups excluding carboxylic acids is 2. The molecule has 3 rings (SSSR count). The molecule has 2 heterocycles. The second-order valence-corrected chi connectivity index (χ2v) is 6.90. The van der Waals surface area contributed by atoms with Crippen LogP contribution in [-0.4, -0.2) is 42.6 Å². The van der Waals surface area contributed by atoms with Crippen molar-refractivity contribution >= 4 is 23.0 Å². The molecule has 0 radical (unpaired) electrons. The number of fused-ring (bicyclic) bond motifs is 1. The number of carbonyl (C=O) groups is 2. The van der Waals surface area contributed by atoms with Crippen LogP contribution in [-0.2, 0) is 16.0 Å². The van der Waals surface area contributed by atoms with Gasteiger partial charge in [-0.05, 0) is 56.9 Å². The van der Waals surface area contributed by atoms with Crippen molar-refractivity contribution in [3.63, 3.8) is 0 Å². The Morgan fingerprint density at radius 2 is 1.92 bits per heavy atom. The van der Waals surface area contributed by atoms with E-state index < -0.39 is 0 Å². The fourth-order valence-corrected chi connectivity index (χ4v) is 3.35. The van der Waals surface area contributed by atoms with Gasteiger partial charge in [0.2, 0.25) is 5.91 Å². The summed E-state index contributed by atoms with van der Waals surface area (Å²) in [7, 11) is 0. The van der Waals surface area contributed by atoms with Crippen molar-refractivity contribution < 1.29 is 18.7 Å². The van der Waals surface area contributed by atoms with E-state index in [1.165, 1.54) is 11.1 Å². The highest BCUT2D eigenvalue weighted by molar-refractivity contribution is 5.88. The van der Waals surface area contributed by atoms with E-state index in [-0.39, 0.29) is 18.0 Å². The highest BCUT2D eigenvalue weighted by Gasteiger charge is 2.24. The van der Waals surface area contributed by atoms with Crippen LogP contribution in [0.1, 0.15) is 36.5 Å². The van der Waals surface area contributed by atoms with Crippen LogP contribution in [0, 0.1) is 13.8 Å². The molecule has 0 aliphatic carbocycles. The first-order valence-electron chi connectivity index (χ1n) is 9.16. The summed E-state index contributed by atoms with van der Waals surface area (Å²) in [5.41, 5.74) is 4.09. The average molecular weight is 358 g/mol. The van der Waals surface area contributed by atoms with E-state index >= 15 is 0 Å². The summed E-state index contributed by atoms with van der Waals surface area (Å²) in [6.07, 6.45) is 3.19. The van der Waals surface area contributed by atoms with Gasteiger partial charge in [-0.2, -0.15) is 0 Å². The van der Waals surface area contributed by atoms with Crippen LogP contribution in [0.4, 0.5) is 4.79 Å². The van der Waals surface area contributed by atoms with Crippen molar-refractivity contribution in [2.75, 3.05) is 19.7 Å². The number of hydrogen-bond acceptors (Lipinski definition) is 4. The number of likely N-dealkylation sites (tertiary alicyclic amines) is 1. The van der Waals surface area contributed by atoms with Crippen molar-refractivity contribution in [3.05, 3.63) is 35.1 Å². The molecule has 0 bridgehead atoms. The Morgan fingerprint density at radius 1 is 1.23 bits per heavy atom. The van der Waals surface area contributed by atoms with Gasteiger partial charge in [0.1, 0.15) is 5.58 Å². The smallest absolute Gasteiger partial charge is 0.409 e. The Bertz CT molecular complexity index is 803. The predicted octanol–water partition coefficient (Wildman–Crippen LogP) is 3.33. The van der Waals surface area contributed by atoms with Crippen molar-refractivity contribution in [2.45, 2.75) is 46.1 Å². The molecule has 2 amide bonds. The fourth-order valence-electron chi connectivity index (χ4n) is 3.35. The maximum atomic E-state index is 12.4. The number of amides is 2. The third kappa shape index (κ3) is 4.00. The van der Waals surface area contributed by atoms with Gasteiger partial charge in [-0.25, -0.2) is 4.79 Å². The summed E-state index contributed by atoms with van der Waals surface area (Å²) >= 11 is 0. The Labute approximate surface area is 153 Å². The van der Waals surface area contributed by atoms with E-state index in [9.17, 15) is 9.59 Å². The third-order valence-corrected chi connectivity index (χ3v) is 5.01. The number of piperidine rings is 1. The molecule has 26 heavy (non-hydrogen) atoms. The molecule has 2 aromatic rings. The van der Waals surface area contributed by atoms with Gasteiger partial charge in [-0.1, -0.05) is 0 Å². The molecule has 1 aromatic carbocycles. The van der Waals surface area contributed by atoms with Crippen molar-refractivity contribution in [1.82, 2.24) is 10.2 Å². The number of rotatable bonds is 4. The summed E-state index contributed by atoms with van der Waals surface area (Å²) in [5, 5.41) is 4.08. The lowest BCUT2D eigenvalue weighted by molar-refractivity contribution is -0.121. The van der Waals surface area contributed by atoms with Crippen LogP contribution < -0.4 is 5.32 Å². The van der Waals surface area contributed by atoms with Gasteiger partial charge in [0.25, 0.3) is 0 Å². The number of hydrogen-bond donors (Lipinski definition) is 1. The SMILES string of the molecule is CCOC(=O)N1CCC(NC(=O)Cc2coc3cc(C)c(C)cc23)CC1. The second-order valence-electron chi connectivity index (χ2n) is 6.90. The van der Waals surface area contributed by atoms with Gasteiger partial charge in [0.05, 0.1) is 19.3 Å². The van der Waals surface area contributed by atoms with E-state index in [1.54, 1.807) is 18.1 Å². The minimum absolute atomic E-state index is 0.0134. The zero-order chi connectivity index (χ0) is 18.7. The number of aryl methyl sites for hydroxylation is 2. The van der Waals surface area contributed by atoms with Crippen molar-refractivity contribution in [3.8, 4) is 0 Å². The van der Waals surface area contributed by atoms with Crippen LogP contribution in [0.15, 0.2) is 22.8 Å². The number of furan rings is 1. The van der Waals surface area contributed by atoms with E-state index in [0.29, 0.717) is 26.1 Å². The molecule has 140 valence electrons. The van der Waals surface area contributed by atoms with E-state index in [4.69, 9.17) is 9.15 Å². The van der Waals surface area contributed by atoms with Crippen LogP contribution in [0.25, 0.3) is 11.0 Å². The molecular formula is C20H26N2O4. The zero-order valence-corrected chi connectivity index (χ0v) is 15.6. The molecule has 1 fully saturated rings. The van der Waals surface area contributed by atoms with Gasteiger partial charge >= 0.3 is 6.09 Å². The van der Waals surface area contributed by atoms with Gasteiger partial charge in [-0.3, -0.25) is 4.79 Å². The van der Waals surface area contributed by atoms with E-state index in [1.807, 2.05) is 13.0 Å². The highest BCUT2D eigenvalue weighted by atomic mass is 16.6. The molecule has 6 nitrogen and oxygen atoms in total. The molecule has 0 unspecified atom stereocenters. The summed E-state index contributed by atoms with van der Waals surface area (Å²) in [5.74, 6) is -0.0134. The molecule has 1 aliphatic heterocycles. The summed E-state index contributed by atoms with van der Waals surface area (Å²) < 4.78 is 10.6. The van der Waals surface area contributed by atoms with Crippen molar-refractivity contribution in [2.24, 2.45) is 0 Å². The lowest BCUT2D eigenvalue weighted by Crippen LogP contribution is -2.47. The van der Waals surface area contributed by atoms with Gasteiger partial charge < -0.3 is 19.4 Å². The normalized spacial score (nSPS) is 15.3. The van der Waals surface area contributed by atoms with Crippen LogP contribution in [0.5, 0.6) is 0 Å². The fraction of sp³-hybridized carbons (Fsp3) is 0.500. The second kappa shape index (κ2) is 7.81. The topological polar surface area (TPSA) is 71.8 Å². The molecule has 1 saturated heterocycles.